The van der Waals surface area contributed by atoms with Crippen LogP contribution in [-0.2, 0) is 0 Å². The van der Waals surface area contributed by atoms with Crippen molar-refractivity contribution >= 4 is 21.8 Å². The van der Waals surface area contributed by atoms with Gasteiger partial charge in [0.2, 0.25) is 0 Å². The summed E-state index contributed by atoms with van der Waals surface area (Å²) in [6.45, 7) is 2.46. The number of carbonyl (C=O) groups excluding carboxylic acids is 1. The molecule has 1 amide bonds. The van der Waals surface area contributed by atoms with Crippen molar-refractivity contribution in [3.63, 3.8) is 0 Å². The van der Waals surface area contributed by atoms with Crippen LogP contribution in [-0.4, -0.2) is 22.4 Å². The average Bonchev–Trinajstić information content (AvgIpc) is 2.75. The van der Waals surface area contributed by atoms with Gasteiger partial charge in [-0.2, -0.15) is 0 Å². The smallest absolute Gasteiger partial charge is 0.251 e. The molecule has 0 aliphatic heterocycles. The lowest BCUT2D eigenvalue weighted by molar-refractivity contribution is 0.0947. The molecule has 2 N–H and O–H groups in total. The van der Waals surface area contributed by atoms with Crippen molar-refractivity contribution in [2.24, 2.45) is 5.92 Å². The lowest BCUT2D eigenvalue weighted by atomic mass is 10.1. The van der Waals surface area contributed by atoms with Crippen molar-refractivity contribution in [3.05, 3.63) is 29.3 Å². The van der Waals surface area contributed by atoms with Crippen molar-refractivity contribution in [1.82, 2.24) is 5.32 Å². The number of aromatic hydroxyl groups is 1. The van der Waals surface area contributed by atoms with Gasteiger partial charge < -0.3 is 10.4 Å². The third kappa shape index (κ3) is 2.86. The molecule has 3 nitrogen and oxygen atoms in total. The van der Waals surface area contributed by atoms with Crippen molar-refractivity contribution in [2.45, 2.75) is 31.0 Å². The number of nitrogens with one attached hydrogen (secondary N) is 1. The van der Waals surface area contributed by atoms with E-state index in [0.717, 1.165) is 6.42 Å². The van der Waals surface area contributed by atoms with Gasteiger partial charge in [0.05, 0.1) is 0 Å². The van der Waals surface area contributed by atoms with Crippen LogP contribution < -0.4 is 5.32 Å². The Kier molecular flexibility index (Phi) is 4.27. The summed E-state index contributed by atoms with van der Waals surface area (Å²) in [4.78, 5) is 12.6. The molecule has 2 atom stereocenters. The number of halogens is 1. The molecule has 1 saturated carbocycles. The third-order valence-corrected chi connectivity index (χ3v) is 4.85. The zero-order valence-electron chi connectivity index (χ0n) is 10.4. The van der Waals surface area contributed by atoms with Gasteiger partial charge in [-0.3, -0.25) is 4.79 Å². The summed E-state index contributed by atoms with van der Waals surface area (Å²) >= 11 is 3.65. The summed E-state index contributed by atoms with van der Waals surface area (Å²) in [5, 5.41) is 12.5. The van der Waals surface area contributed by atoms with E-state index in [2.05, 4.69) is 21.2 Å². The van der Waals surface area contributed by atoms with Crippen LogP contribution in [0.2, 0.25) is 0 Å². The minimum Gasteiger partial charge on any atom is -0.508 e. The normalized spacial score (nSPS) is 23.0. The minimum absolute atomic E-state index is 0.102. The van der Waals surface area contributed by atoms with E-state index in [4.69, 9.17) is 0 Å². The Hall–Kier alpha value is -1.03. The van der Waals surface area contributed by atoms with E-state index in [0.29, 0.717) is 28.4 Å². The van der Waals surface area contributed by atoms with Gasteiger partial charge in [-0.25, -0.2) is 0 Å². The summed E-state index contributed by atoms with van der Waals surface area (Å²) in [7, 11) is 0. The molecule has 1 aliphatic rings. The molecule has 2 unspecified atom stereocenters. The maximum absolute atomic E-state index is 12.0. The SMILES string of the molecule is Cc1c(O)cccc1C(=O)NCC1CCCC1Br. The topological polar surface area (TPSA) is 49.3 Å². The number of hydrogen-bond acceptors (Lipinski definition) is 2. The molecule has 1 fully saturated rings. The van der Waals surface area contributed by atoms with E-state index >= 15 is 0 Å². The van der Waals surface area contributed by atoms with Gasteiger partial charge in [-0.05, 0) is 37.8 Å². The number of hydrogen-bond donors (Lipinski definition) is 2. The summed E-state index contributed by atoms with van der Waals surface area (Å²) in [5.74, 6) is 0.587. The molecule has 4 heteroatoms. The number of rotatable bonds is 3. The third-order valence-electron chi connectivity index (χ3n) is 3.64. The molecular formula is C14H18BrNO2. The van der Waals surface area contributed by atoms with Gasteiger partial charge in [-0.1, -0.05) is 28.4 Å². The van der Waals surface area contributed by atoms with Crippen LogP contribution in [0.15, 0.2) is 18.2 Å². The van der Waals surface area contributed by atoms with Crippen LogP contribution in [0.3, 0.4) is 0 Å². The fourth-order valence-corrected chi connectivity index (χ4v) is 3.18. The monoisotopic (exact) mass is 311 g/mol. The Morgan fingerprint density at radius 3 is 2.94 bits per heavy atom. The largest absolute Gasteiger partial charge is 0.508 e. The van der Waals surface area contributed by atoms with Crippen molar-refractivity contribution in [3.8, 4) is 5.75 Å². The molecule has 0 aromatic heterocycles. The molecule has 18 heavy (non-hydrogen) atoms. The van der Waals surface area contributed by atoms with E-state index in [1.54, 1.807) is 25.1 Å². The summed E-state index contributed by atoms with van der Waals surface area (Å²) in [6.07, 6.45) is 3.57. The Morgan fingerprint density at radius 2 is 2.28 bits per heavy atom. The minimum atomic E-state index is -0.102. The van der Waals surface area contributed by atoms with E-state index < -0.39 is 0 Å². The molecule has 0 radical (unpaired) electrons. The molecule has 1 aromatic carbocycles. The van der Waals surface area contributed by atoms with Crippen molar-refractivity contribution in [2.75, 3.05) is 6.54 Å². The second-order valence-electron chi connectivity index (χ2n) is 4.87. The summed E-state index contributed by atoms with van der Waals surface area (Å²) in [6, 6.07) is 5.03. The fraction of sp³-hybridized carbons (Fsp3) is 0.500. The van der Waals surface area contributed by atoms with E-state index in [9.17, 15) is 9.90 Å². The van der Waals surface area contributed by atoms with Gasteiger partial charge in [0.15, 0.2) is 0 Å². The predicted molar refractivity (Wildman–Crippen MR) is 75.2 cm³/mol. The second kappa shape index (κ2) is 5.74. The number of benzene rings is 1. The first kappa shape index (κ1) is 13.4. The summed E-state index contributed by atoms with van der Waals surface area (Å²) < 4.78 is 0. The van der Waals surface area contributed by atoms with Crippen LogP contribution in [0.5, 0.6) is 5.75 Å². The fourth-order valence-electron chi connectivity index (χ4n) is 2.41. The maximum atomic E-state index is 12.0. The standard InChI is InChI=1S/C14H18BrNO2/c1-9-11(5-3-7-13(9)17)14(18)16-8-10-4-2-6-12(10)15/h3,5,7,10,12,17H,2,4,6,8H2,1H3,(H,16,18). The molecule has 2 rings (SSSR count). The molecule has 1 aliphatic carbocycles. The molecule has 0 heterocycles. The highest BCUT2D eigenvalue weighted by atomic mass is 79.9. The Labute approximate surface area is 116 Å². The highest BCUT2D eigenvalue weighted by Crippen LogP contribution is 2.31. The van der Waals surface area contributed by atoms with E-state index in [1.165, 1.54) is 12.8 Å². The van der Waals surface area contributed by atoms with Gasteiger partial charge in [-0.15, -0.1) is 0 Å². The average molecular weight is 312 g/mol. The van der Waals surface area contributed by atoms with E-state index in [-0.39, 0.29) is 11.7 Å². The predicted octanol–water partition coefficient (Wildman–Crippen LogP) is 2.99. The van der Waals surface area contributed by atoms with Crippen LogP contribution in [0, 0.1) is 12.8 Å². The van der Waals surface area contributed by atoms with Crippen LogP contribution >= 0.6 is 15.9 Å². The molecular weight excluding hydrogens is 294 g/mol. The number of alkyl halides is 1. The number of amides is 1. The van der Waals surface area contributed by atoms with Crippen molar-refractivity contribution in [1.29, 1.82) is 0 Å². The van der Waals surface area contributed by atoms with Gasteiger partial charge in [0.25, 0.3) is 5.91 Å². The second-order valence-corrected chi connectivity index (χ2v) is 6.04. The zero-order valence-corrected chi connectivity index (χ0v) is 12.0. The molecule has 0 bridgehead atoms. The lowest BCUT2D eigenvalue weighted by Gasteiger charge is -2.15. The van der Waals surface area contributed by atoms with Gasteiger partial charge in [0, 0.05) is 22.5 Å². The Morgan fingerprint density at radius 1 is 1.50 bits per heavy atom. The highest BCUT2D eigenvalue weighted by molar-refractivity contribution is 9.09. The molecule has 98 valence electrons. The first-order valence-electron chi connectivity index (χ1n) is 6.30. The number of phenolic OH excluding ortho intramolecular Hbond substituents is 1. The van der Waals surface area contributed by atoms with Crippen LogP contribution in [0.25, 0.3) is 0 Å². The zero-order chi connectivity index (χ0) is 13.1. The number of carbonyl (C=O) groups is 1. The van der Waals surface area contributed by atoms with Crippen molar-refractivity contribution < 1.29 is 9.90 Å². The highest BCUT2D eigenvalue weighted by Gasteiger charge is 2.25. The Balaban J connectivity index is 1.97. The molecule has 1 aromatic rings. The first-order chi connectivity index (χ1) is 8.59. The summed E-state index contributed by atoms with van der Waals surface area (Å²) in [5.41, 5.74) is 1.19. The van der Waals surface area contributed by atoms with Crippen LogP contribution in [0.4, 0.5) is 0 Å². The molecule has 0 spiro atoms. The Bertz CT molecular complexity index is 447. The van der Waals surface area contributed by atoms with Gasteiger partial charge >= 0.3 is 0 Å². The maximum Gasteiger partial charge on any atom is 0.251 e. The van der Waals surface area contributed by atoms with E-state index in [1.807, 2.05) is 0 Å². The molecule has 0 saturated heterocycles. The lowest BCUT2D eigenvalue weighted by Crippen LogP contribution is -2.31. The first-order valence-corrected chi connectivity index (χ1v) is 7.22. The number of phenols is 1. The van der Waals surface area contributed by atoms with Gasteiger partial charge in [0.1, 0.15) is 5.75 Å². The van der Waals surface area contributed by atoms with Crippen LogP contribution in [0.1, 0.15) is 35.2 Å². The quantitative estimate of drug-likeness (QED) is 0.843.